The van der Waals surface area contributed by atoms with Gasteiger partial charge in [0.2, 0.25) is 0 Å². The minimum Gasteiger partial charge on any atom is -0.377 e. The Morgan fingerprint density at radius 1 is 1.07 bits per heavy atom. The Labute approximate surface area is 192 Å². The molecule has 0 bridgehead atoms. The van der Waals surface area contributed by atoms with E-state index in [0.717, 1.165) is 38.6 Å². The van der Waals surface area contributed by atoms with Crippen LogP contribution in [-0.4, -0.2) is 38.2 Å². The van der Waals surface area contributed by atoms with E-state index in [0.29, 0.717) is 19.2 Å². The van der Waals surface area contributed by atoms with Crippen LogP contribution in [0.1, 0.15) is 31.4 Å². The van der Waals surface area contributed by atoms with E-state index in [4.69, 9.17) is 9.73 Å². The second-order valence-corrected chi connectivity index (χ2v) is 7.01. The fraction of sp³-hybridized carbons (Fsp3) is 0.435. The van der Waals surface area contributed by atoms with Gasteiger partial charge in [0, 0.05) is 38.0 Å². The van der Waals surface area contributed by atoms with E-state index >= 15 is 0 Å². The summed E-state index contributed by atoms with van der Waals surface area (Å²) >= 11 is 0. The number of para-hydroxylation sites is 1. The number of hydrogen-bond donors (Lipinski definition) is 2. The van der Waals surface area contributed by atoms with E-state index in [1.807, 2.05) is 6.92 Å². The number of benzene rings is 2. The van der Waals surface area contributed by atoms with Gasteiger partial charge in [-0.3, -0.25) is 0 Å². The molecule has 2 aromatic rings. The highest BCUT2D eigenvalue weighted by Crippen LogP contribution is 2.19. The van der Waals surface area contributed by atoms with Gasteiger partial charge in [-0.25, -0.2) is 4.99 Å². The fourth-order valence-electron chi connectivity index (χ4n) is 3.49. The molecular formula is C23H33IN4O. The van der Waals surface area contributed by atoms with Gasteiger partial charge in [-0.1, -0.05) is 42.5 Å². The van der Waals surface area contributed by atoms with Crippen molar-refractivity contribution in [1.82, 2.24) is 10.6 Å². The molecule has 0 saturated carbocycles. The standard InChI is InChI=1S/C23H32N4O.HI/c1-3-24-23(25-16-19-10-8-9-11-20(19)18-28-4-2)26-21-14-15-27(17-21)22-12-6-5-7-13-22;/h5-13,21H,3-4,14-18H2,1-2H3,(H2,24,25,26);1H. The van der Waals surface area contributed by atoms with Gasteiger partial charge in [0.1, 0.15) is 0 Å². The van der Waals surface area contributed by atoms with Gasteiger partial charge >= 0.3 is 0 Å². The molecule has 0 spiro atoms. The summed E-state index contributed by atoms with van der Waals surface area (Å²) in [7, 11) is 0. The Balaban J connectivity index is 0.00000300. The Bertz CT molecular complexity index is 754. The maximum atomic E-state index is 5.59. The first-order valence-electron chi connectivity index (χ1n) is 10.3. The molecule has 0 aromatic heterocycles. The van der Waals surface area contributed by atoms with Gasteiger partial charge in [-0.05, 0) is 43.5 Å². The molecule has 2 aromatic carbocycles. The summed E-state index contributed by atoms with van der Waals surface area (Å²) in [6.45, 7) is 9.05. The number of halogens is 1. The summed E-state index contributed by atoms with van der Waals surface area (Å²) in [5.41, 5.74) is 3.71. The van der Waals surface area contributed by atoms with Crippen LogP contribution in [0, 0.1) is 0 Å². The molecule has 158 valence electrons. The Hall–Kier alpha value is -1.80. The van der Waals surface area contributed by atoms with Crippen molar-refractivity contribution in [3.05, 3.63) is 65.7 Å². The second-order valence-electron chi connectivity index (χ2n) is 7.01. The quantitative estimate of drug-likeness (QED) is 0.319. The minimum absolute atomic E-state index is 0. The predicted molar refractivity (Wildman–Crippen MR) is 132 cm³/mol. The van der Waals surface area contributed by atoms with Crippen molar-refractivity contribution in [2.75, 3.05) is 31.1 Å². The van der Waals surface area contributed by atoms with Crippen molar-refractivity contribution in [3.63, 3.8) is 0 Å². The van der Waals surface area contributed by atoms with E-state index in [1.54, 1.807) is 0 Å². The Morgan fingerprint density at radius 2 is 1.79 bits per heavy atom. The van der Waals surface area contributed by atoms with Crippen LogP contribution in [-0.2, 0) is 17.9 Å². The smallest absolute Gasteiger partial charge is 0.191 e. The summed E-state index contributed by atoms with van der Waals surface area (Å²) in [6, 6.07) is 19.4. The third-order valence-electron chi connectivity index (χ3n) is 4.98. The zero-order valence-corrected chi connectivity index (χ0v) is 19.8. The van der Waals surface area contributed by atoms with Crippen LogP contribution in [0.25, 0.3) is 0 Å². The van der Waals surface area contributed by atoms with Gasteiger partial charge in [0.25, 0.3) is 0 Å². The van der Waals surface area contributed by atoms with E-state index < -0.39 is 0 Å². The number of guanidine groups is 1. The lowest BCUT2D eigenvalue weighted by Crippen LogP contribution is -2.44. The first-order valence-corrected chi connectivity index (χ1v) is 10.3. The van der Waals surface area contributed by atoms with Crippen molar-refractivity contribution < 1.29 is 4.74 Å². The summed E-state index contributed by atoms with van der Waals surface area (Å²) in [6.07, 6.45) is 1.11. The summed E-state index contributed by atoms with van der Waals surface area (Å²) < 4.78 is 5.59. The van der Waals surface area contributed by atoms with E-state index in [-0.39, 0.29) is 24.0 Å². The number of aliphatic imine (C=N–C) groups is 1. The third kappa shape index (κ3) is 7.19. The van der Waals surface area contributed by atoms with Crippen molar-refractivity contribution in [1.29, 1.82) is 0 Å². The molecule has 0 radical (unpaired) electrons. The zero-order chi connectivity index (χ0) is 19.6. The van der Waals surface area contributed by atoms with Gasteiger partial charge < -0.3 is 20.3 Å². The monoisotopic (exact) mass is 508 g/mol. The van der Waals surface area contributed by atoms with E-state index in [9.17, 15) is 0 Å². The number of ether oxygens (including phenoxy) is 1. The van der Waals surface area contributed by atoms with Crippen LogP contribution >= 0.6 is 24.0 Å². The lowest BCUT2D eigenvalue weighted by molar-refractivity contribution is 0.133. The largest absolute Gasteiger partial charge is 0.377 e. The van der Waals surface area contributed by atoms with Crippen LogP contribution in [0.15, 0.2) is 59.6 Å². The molecule has 0 aliphatic carbocycles. The highest BCUT2D eigenvalue weighted by atomic mass is 127. The summed E-state index contributed by atoms with van der Waals surface area (Å²) in [5.74, 6) is 0.883. The molecule has 1 atom stereocenters. The number of hydrogen-bond acceptors (Lipinski definition) is 3. The summed E-state index contributed by atoms with van der Waals surface area (Å²) in [4.78, 5) is 7.26. The molecule has 1 heterocycles. The normalized spacial score (nSPS) is 16.4. The Kier molecular flexibility index (Phi) is 10.3. The maximum Gasteiger partial charge on any atom is 0.191 e. The first kappa shape index (κ1) is 23.5. The van der Waals surface area contributed by atoms with E-state index in [2.05, 4.69) is 77.1 Å². The number of rotatable bonds is 8. The highest BCUT2D eigenvalue weighted by Gasteiger charge is 2.23. The molecule has 29 heavy (non-hydrogen) atoms. The fourth-order valence-corrected chi connectivity index (χ4v) is 3.49. The van der Waals surface area contributed by atoms with Crippen LogP contribution in [0.4, 0.5) is 5.69 Å². The van der Waals surface area contributed by atoms with Crippen LogP contribution in [0.5, 0.6) is 0 Å². The molecule has 2 N–H and O–H groups in total. The van der Waals surface area contributed by atoms with Gasteiger partial charge in [0.05, 0.1) is 13.2 Å². The molecule has 3 rings (SSSR count). The zero-order valence-electron chi connectivity index (χ0n) is 17.4. The molecule has 1 aliphatic heterocycles. The van der Waals surface area contributed by atoms with Gasteiger partial charge in [-0.15, -0.1) is 24.0 Å². The van der Waals surface area contributed by atoms with Gasteiger partial charge in [0.15, 0.2) is 5.96 Å². The van der Waals surface area contributed by atoms with Crippen LogP contribution < -0.4 is 15.5 Å². The molecular weight excluding hydrogens is 475 g/mol. The summed E-state index contributed by atoms with van der Waals surface area (Å²) in [5, 5.41) is 7.00. The third-order valence-corrected chi connectivity index (χ3v) is 4.98. The molecule has 1 unspecified atom stereocenters. The number of nitrogens with one attached hydrogen (secondary N) is 2. The first-order chi connectivity index (χ1) is 13.8. The van der Waals surface area contributed by atoms with Crippen LogP contribution in [0.3, 0.4) is 0 Å². The molecule has 1 fully saturated rings. The second kappa shape index (κ2) is 12.7. The number of anilines is 1. The molecule has 1 aliphatic rings. The maximum absolute atomic E-state index is 5.59. The molecule has 5 nitrogen and oxygen atoms in total. The average Bonchev–Trinajstić information content (AvgIpc) is 3.20. The topological polar surface area (TPSA) is 48.9 Å². The van der Waals surface area contributed by atoms with Gasteiger partial charge in [-0.2, -0.15) is 0 Å². The van der Waals surface area contributed by atoms with Crippen molar-refractivity contribution in [3.8, 4) is 0 Å². The van der Waals surface area contributed by atoms with Crippen molar-refractivity contribution in [2.45, 2.75) is 39.5 Å². The van der Waals surface area contributed by atoms with Crippen molar-refractivity contribution >= 4 is 35.6 Å². The predicted octanol–water partition coefficient (Wildman–Crippen LogP) is 4.18. The lowest BCUT2D eigenvalue weighted by Gasteiger charge is -2.20. The molecule has 6 heteroatoms. The highest BCUT2D eigenvalue weighted by molar-refractivity contribution is 14.0. The molecule has 1 saturated heterocycles. The van der Waals surface area contributed by atoms with Crippen LogP contribution in [0.2, 0.25) is 0 Å². The SMILES string of the molecule is CCNC(=NCc1ccccc1COCC)NC1CCN(c2ccccc2)C1.I. The number of nitrogens with zero attached hydrogens (tertiary/aromatic N) is 2. The van der Waals surface area contributed by atoms with E-state index in [1.165, 1.54) is 16.8 Å². The lowest BCUT2D eigenvalue weighted by atomic mass is 10.1. The molecule has 0 amide bonds. The average molecular weight is 508 g/mol. The minimum atomic E-state index is 0. The Morgan fingerprint density at radius 3 is 2.52 bits per heavy atom. The van der Waals surface area contributed by atoms with Crippen molar-refractivity contribution in [2.24, 2.45) is 4.99 Å².